The Morgan fingerprint density at radius 2 is 2.14 bits per heavy atom. The summed E-state index contributed by atoms with van der Waals surface area (Å²) in [5, 5.41) is 12.3. The van der Waals surface area contributed by atoms with E-state index >= 15 is 0 Å². The molecule has 35 heavy (non-hydrogen) atoms. The molecule has 9 nitrogen and oxygen atoms in total. The van der Waals surface area contributed by atoms with Crippen LogP contribution < -0.4 is 21.1 Å². The van der Waals surface area contributed by atoms with Gasteiger partial charge in [-0.15, -0.1) is 12.4 Å². The fourth-order valence-electron chi connectivity index (χ4n) is 4.31. The number of ether oxygens (including phenoxy) is 1. The smallest absolute Gasteiger partial charge is 0.256 e. The summed E-state index contributed by atoms with van der Waals surface area (Å²) in [6, 6.07) is 10.6. The van der Waals surface area contributed by atoms with Crippen molar-refractivity contribution in [3.05, 3.63) is 59.4 Å². The molecule has 0 bridgehead atoms. The number of nitrogens with two attached hydrogens (primary N) is 1. The van der Waals surface area contributed by atoms with Crippen molar-refractivity contribution in [3.8, 4) is 17.0 Å². The third-order valence-corrected chi connectivity index (χ3v) is 6.23. The van der Waals surface area contributed by atoms with E-state index in [0.29, 0.717) is 44.6 Å². The van der Waals surface area contributed by atoms with E-state index in [1.807, 2.05) is 4.68 Å². The molecule has 0 radical (unpaired) electrons. The number of carbonyl (C=O) groups is 1. The number of aromatic nitrogens is 4. The van der Waals surface area contributed by atoms with Crippen molar-refractivity contribution in [1.82, 2.24) is 25.1 Å². The number of carbonyl (C=O) groups excluding carboxylic acids is 1. The van der Waals surface area contributed by atoms with E-state index in [0.717, 1.165) is 31.4 Å². The number of nitrogen functional groups attached to an aromatic ring is 1. The number of benzene rings is 1. The second-order valence-corrected chi connectivity index (χ2v) is 8.50. The molecular weight excluding hydrogens is 489 g/mol. The van der Waals surface area contributed by atoms with Gasteiger partial charge in [0.15, 0.2) is 0 Å². The Bertz CT molecular complexity index is 1360. The van der Waals surface area contributed by atoms with Crippen molar-refractivity contribution in [1.29, 1.82) is 0 Å². The Labute approximate surface area is 213 Å². The van der Waals surface area contributed by atoms with Gasteiger partial charge >= 0.3 is 0 Å². The molecule has 5 rings (SSSR count). The van der Waals surface area contributed by atoms with Crippen LogP contribution in [-0.4, -0.2) is 45.9 Å². The number of halogens is 2. The largest absolute Gasteiger partial charge is 0.496 e. The van der Waals surface area contributed by atoms with E-state index in [4.69, 9.17) is 27.2 Å². The number of piperidine rings is 1. The average Bonchev–Trinajstić information content (AvgIpc) is 3.29. The van der Waals surface area contributed by atoms with Crippen molar-refractivity contribution in [2.45, 2.75) is 18.9 Å². The van der Waals surface area contributed by atoms with Crippen molar-refractivity contribution in [3.63, 3.8) is 0 Å². The highest BCUT2D eigenvalue weighted by Crippen LogP contribution is 2.40. The molecule has 3 aromatic heterocycles. The third kappa shape index (κ3) is 4.75. The van der Waals surface area contributed by atoms with E-state index in [1.165, 1.54) is 0 Å². The van der Waals surface area contributed by atoms with Crippen LogP contribution in [0.4, 0.5) is 11.6 Å². The number of methoxy groups -OCH3 is 1. The normalized spacial score (nSPS) is 15.4. The summed E-state index contributed by atoms with van der Waals surface area (Å²) in [5.41, 5.74) is 8.79. The summed E-state index contributed by atoms with van der Waals surface area (Å²) >= 11 is 6.58. The van der Waals surface area contributed by atoms with Crippen LogP contribution in [0.1, 0.15) is 29.2 Å². The van der Waals surface area contributed by atoms with Gasteiger partial charge in [0.05, 0.1) is 35.3 Å². The average molecular weight is 514 g/mol. The first-order valence-corrected chi connectivity index (χ1v) is 11.4. The van der Waals surface area contributed by atoms with E-state index < -0.39 is 0 Å². The maximum atomic E-state index is 12.8. The lowest BCUT2D eigenvalue weighted by molar-refractivity contribution is 0.102. The van der Waals surface area contributed by atoms with Crippen LogP contribution >= 0.6 is 24.0 Å². The first-order valence-electron chi connectivity index (χ1n) is 11.0. The third-order valence-electron chi connectivity index (χ3n) is 5.95. The molecule has 0 saturated carbocycles. The van der Waals surface area contributed by atoms with Crippen LogP contribution in [0.2, 0.25) is 5.02 Å². The monoisotopic (exact) mass is 513 g/mol. The number of hydrogen-bond donors (Lipinski definition) is 3. The maximum Gasteiger partial charge on any atom is 0.256 e. The van der Waals surface area contributed by atoms with E-state index in [9.17, 15) is 4.79 Å². The Morgan fingerprint density at radius 1 is 1.29 bits per heavy atom. The van der Waals surface area contributed by atoms with Crippen molar-refractivity contribution in [2.24, 2.45) is 0 Å². The van der Waals surface area contributed by atoms with E-state index in [-0.39, 0.29) is 24.4 Å². The van der Waals surface area contributed by atoms with Gasteiger partial charge in [0, 0.05) is 23.9 Å². The fourth-order valence-corrected chi connectivity index (χ4v) is 4.54. The molecule has 0 aliphatic carbocycles. The fraction of sp³-hybridized carbons (Fsp3) is 0.250. The number of nitrogens with one attached hydrogen (secondary N) is 2. The van der Waals surface area contributed by atoms with Crippen LogP contribution in [-0.2, 0) is 0 Å². The molecule has 1 aromatic carbocycles. The maximum absolute atomic E-state index is 12.8. The highest BCUT2D eigenvalue weighted by molar-refractivity contribution is 6.35. The summed E-state index contributed by atoms with van der Waals surface area (Å²) in [4.78, 5) is 21.2. The summed E-state index contributed by atoms with van der Waals surface area (Å²) in [6.45, 7) is 1.77. The molecule has 1 amide bonds. The number of hydrogen-bond acceptors (Lipinski definition) is 7. The molecule has 0 spiro atoms. The zero-order valence-electron chi connectivity index (χ0n) is 19.0. The van der Waals surface area contributed by atoms with Crippen LogP contribution in [0.5, 0.6) is 5.75 Å². The van der Waals surface area contributed by atoms with Gasteiger partial charge in [-0.1, -0.05) is 17.7 Å². The number of amides is 1. The first kappa shape index (κ1) is 24.7. The molecule has 11 heteroatoms. The Balaban J connectivity index is 0.00000289. The lowest BCUT2D eigenvalue weighted by atomic mass is 10.0. The van der Waals surface area contributed by atoms with Crippen LogP contribution in [0.25, 0.3) is 22.2 Å². The highest BCUT2D eigenvalue weighted by Gasteiger charge is 2.26. The number of fused-ring (bicyclic) bond motifs is 1. The molecule has 4 heterocycles. The molecule has 1 atom stereocenters. The van der Waals surface area contributed by atoms with Gasteiger partial charge in [-0.2, -0.15) is 5.10 Å². The number of nitrogens with zero attached hydrogens (tertiary/aromatic N) is 4. The summed E-state index contributed by atoms with van der Waals surface area (Å²) in [5.74, 6) is 0.996. The second kappa shape index (κ2) is 10.5. The summed E-state index contributed by atoms with van der Waals surface area (Å²) in [6.07, 6.45) is 5.19. The summed E-state index contributed by atoms with van der Waals surface area (Å²) < 4.78 is 7.61. The Hall–Kier alpha value is -3.40. The molecular formula is C24H25Cl2N7O2. The molecule has 1 aliphatic heterocycles. The first-order chi connectivity index (χ1) is 16.6. The minimum atomic E-state index is -0.295. The SMILES string of the molecule is COc1cc(C(=O)Nc2ccccn2)ccc1-c1nn([C@@H]2CCCNC2)c2c(Cl)cnc(N)c12.Cl. The van der Waals surface area contributed by atoms with Crippen LogP contribution in [0.15, 0.2) is 48.8 Å². The Morgan fingerprint density at radius 3 is 2.86 bits per heavy atom. The lowest BCUT2D eigenvalue weighted by Gasteiger charge is -2.24. The van der Waals surface area contributed by atoms with Gasteiger partial charge in [-0.3, -0.25) is 9.48 Å². The van der Waals surface area contributed by atoms with Crippen molar-refractivity contribution in [2.75, 3.05) is 31.2 Å². The van der Waals surface area contributed by atoms with Crippen molar-refractivity contribution >= 4 is 52.5 Å². The predicted octanol–water partition coefficient (Wildman–Crippen LogP) is 4.34. The van der Waals surface area contributed by atoms with E-state index in [1.54, 1.807) is 55.9 Å². The van der Waals surface area contributed by atoms with Gasteiger partial charge in [-0.25, -0.2) is 9.97 Å². The van der Waals surface area contributed by atoms with Gasteiger partial charge in [0.1, 0.15) is 23.1 Å². The van der Waals surface area contributed by atoms with Gasteiger partial charge < -0.3 is 21.1 Å². The quantitative estimate of drug-likeness (QED) is 0.363. The van der Waals surface area contributed by atoms with Crippen LogP contribution in [0, 0.1) is 0 Å². The topological polar surface area (TPSA) is 120 Å². The molecule has 1 saturated heterocycles. The van der Waals surface area contributed by atoms with Gasteiger partial charge in [0.2, 0.25) is 0 Å². The van der Waals surface area contributed by atoms with E-state index in [2.05, 4.69) is 20.6 Å². The van der Waals surface area contributed by atoms with Crippen molar-refractivity contribution < 1.29 is 9.53 Å². The zero-order chi connectivity index (χ0) is 23.7. The molecule has 4 aromatic rings. The zero-order valence-corrected chi connectivity index (χ0v) is 20.6. The molecule has 1 aliphatic rings. The Kier molecular flexibility index (Phi) is 7.39. The van der Waals surface area contributed by atoms with Gasteiger partial charge in [-0.05, 0) is 49.7 Å². The molecule has 4 N–H and O–H groups in total. The minimum Gasteiger partial charge on any atom is -0.496 e. The standard InChI is InChI=1S/C24H24ClN7O2.ClH/c1-34-18-11-14(24(33)30-19-6-2-3-10-28-19)7-8-16(18)21-20-22(17(25)13-29-23(20)26)32(31-21)15-5-4-9-27-12-15;/h2-3,6-8,10-11,13,15,27H,4-5,9,12H2,1H3,(H2,26,29)(H,28,30,33);1H/t15-;/m1./s1. The van der Waals surface area contributed by atoms with Crippen LogP contribution in [0.3, 0.4) is 0 Å². The summed E-state index contributed by atoms with van der Waals surface area (Å²) in [7, 11) is 1.55. The second-order valence-electron chi connectivity index (χ2n) is 8.09. The molecule has 1 fully saturated rings. The highest BCUT2D eigenvalue weighted by atomic mass is 35.5. The number of rotatable bonds is 5. The number of anilines is 2. The predicted molar refractivity (Wildman–Crippen MR) is 140 cm³/mol. The number of pyridine rings is 2. The lowest BCUT2D eigenvalue weighted by Crippen LogP contribution is -2.32. The molecule has 0 unspecified atom stereocenters. The minimum absolute atomic E-state index is 0. The molecule has 182 valence electrons. The van der Waals surface area contributed by atoms with Gasteiger partial charge in [0.25, 0.3) is 5.91 Å².